The number of ether oxygens (including phenoxy) is 2. The van der Waals surface area contributed by atoms with E-state index in [9.17, 15) is 0 Å². The largest absolute Gasteiger partial charge is 0.486 e. The molecule has 0 aliphatic carbocycles. The monoisotopic (exact) mass is 414 g/mol. The van der Waals surface area contributed by atoms with Crippen molar-refractivity contribution in [2.24, 2.45) is 0 Å². The summed E-state index contributed by atoms with van der Waals surface area (Å²) in [6.07, 6.45) is 1.98. The summed E-state index contributed by atoms with van der Waals surface area (Å²) < 4.78 is 17.9. The molecule has 2 aromatic heterocycles. The molecule has 0 N–H and O–H groups in total. The molecule has 30 heavy (non-hydrogen) atoms. The van der Waals surface area contributed by atoms with Crippen LogP contribution in [0, 0.1) is 0 Å². The van der Waals surface area contributed by atoms with E-state index in [1.54, 1.807) is 17.5 Å². The van der Waals surface area contributed by atoms with E-state index in [2.05, 4.69) is 9.97 Å². The minimum Gasteiger partial charge on any atom is -0.486 e. The fourth-order valence-corrected chi connectivity index (χ4v) is 3.78. The van der Waals surface area contributed by atoms with Crippen LogP contribution in [-0.2, 0) is 13.2 Å². The van der Waals surface area contributed by atoms with Crippen LogP contribution in [0.2, 0.25) is 0 Å². The molecule has 5 nitrogen and oxygen atoms in total. The molecule has 2 heterocycles. The standard InChI is InChI=1S/C24H18N2O3S/c1-3-7-17(8-4-1)15-27-20-12-11-19(23-25-13-14-30-23)22-21(20)26-24(29-22)28-16-18-9-5-2-6-10-18/h1-14H,15-16H2. The number of oxazole rings is 1. The average Bonchev–Trinajstić information content (AvgIpc) is 3.48. The highest BCUT2D eigenvalue weighted by atomic mass is 32.1. The lowest BCUT2D eigenvalue weighted by Crippen LogP contribution is -1.96. The molecule has 0 saturated heterocycles. The first-order chi connectivity index (χ1) is 14.9. The smallest absolute Gasteiger partial charge is 0.395 e. The third kappa shape index (κ3) is 3.90. The first-order valence-corrected chi connectivity index (χ1v) is 10.4. The normalized spacial score (nSPS) is 10.9. The van der Waals surface area contributed by atoms with Crippen LogP contribution in [-0.4, -0.2) is 9.97 Å². The third-order valence-corrected chi connectivity index (χ3v) is 5.40. The van der Waals surface area contributed by atoms with Crippen molar-refractivity contribution in [3.05, 3.63) is 95.5 Å². The summed E-state index contributed by atoms with van der Waals surface area (Å²) in [6, 6.07) is 23.8. The summed E-state index contributed by atoms with van der Waals surface area (Å²) in [5.41, 5.74) is 4.23. The molecule has 0 spiro atoms. The van der Waals surface area contributed by atoms with Crippen molar-refractivity contribution < 1.29 is 13.9 Å². The molecule has 6 heteroatoms. The van der Waals surface area contributed by atoms with Crippen LogP contribution in [0.4, 0.5) is 0 Å². The van der Waals surface area contributed by atoms with Crippen LogP contribution in [0.15, 0.2) is 88.8 Å². The quantitative estimate of drug-likeness (QED) is 0.322. The topological polar surface area (TPSA) is 57.4 Å². The number of nitrogens with zero attached hydrogens (tertiary/aromatic N) is 2. The third-order valence-electron chi connectivity index (χ3n) is 4.59. The van der Waals surface area contributed by atoms with E-state index in [1.165, 1.54) is 0 Å². The Hall–Kier alpha value is -3.64. The van der Waals surface area contributed by atoms with Gasteiger partial charge in [0.25, 0.3) is 0 Å². The van der Waals surface area contributed by atoms with E-state index >= 15 is 0 Å². The summed E-state index contributed by atoms with van der Waals surface area (Å²) in [7, 11) is 0. The number of fused-ring (bicyclic) bond motifs is 1. The Morgan fingerprint density at radius 3 is 2.17 bits per heavy atom. The average molecular weight is 414 g/mol. The predicted octanol–water partition coefficient (Wildman–Crippen LogP) is 6.11. The van der Waals surface area contributed by atoms with Gasteiger partial charge in [0.1, 0.15) is 24.0 Å². The molecule has 5 aromatic rings. The van der Waals surface area contributed by atoms with Gasteiger partial charge in [0, 0.05) is 11.6 Å². The number of hydrogen-bond donors (Lipinski definition) is 0. The van der Waals surface area contributed by atoms with E-state index in [-0.39, 0.29) is 6.08 Å². The Bertz CT molecular complexity index is 1240. The van der Waals surface area contributed by atoms with Crippen LogP contribution < -0.4 is 9.47 Å². The van der Waals surface area contributed by atoms with Crippen molar-refractivity contribution in [3.8, 4) is 22.4 Å². The molecule has 0 amide bonds. The van der Waals surface area contributed by atoms with E-state index < -0.39 is 0 Å². The Kier molecular flexibility index (Phi) is 5.14. The number of benzene rings is 3. The zero-order chi connectivity index (χ0) is 20.2. The highest BCUT2D eigenvalue weighted by molar-refractivity contribution is 7.13. The molecule has 0 bridgehead atoms. The maximum Gasteiger partial charge on any atom is 0.395 e. The molecule has 0 unspecified atom stereocenters. The predicted molar refractivity (Wildman–Crippen MR) is 117 cm³/mol. The lowest BCUT2D eigenvalue weighted by atomic mass is 10.2. The summed E-state index contributed by atoms with van der Waals surface area (Å²) in [6.45, 7) is 0.820. The highest BCUT2D eigenvalue weighted by Gasteiger charge is 2.18. The van der Waals surface area contributed by atoms with E-state index in [0.717, 1.165) is 21.7 Å². The van der Waals surface area contributed by atoms with Gasteiger partial charge in [-0.05, 0) is 23.3 Å². The van der Waals surface area contributed by atoms with Crippen molar-refractivity contribution in [1.29, 1.82) is 0 Å². The van der Waals surface area contributed by atoms with Crippen LogP contribution in [0.1, 0.15) is 11.1 Å². The van der Waals surface area contributed by atoms with Crippen molar-refractivity contribution in [1.82, 2.24) is 9.97 Å². The minimum atomic E-state index is 0.211. The molecule has 0 aliphatic heterocycles. The second-order valence-electron chi connectivity index (χ2n) is 6.65. The second-order valence-corrected chi connectivity index (χ2v) is 7.55. The van der Waals surface area contributed by atoms with E-state index in [0.29, 0.717) is 30.1 Å². The second kappa shape index (κ2) is 8.39. The highest BCUT2D eigenvalue weighted by Crippen LogP contribution is 2.37. The van der Waals surface area contributed by atoms with Gasteiger partial charge < -0.3 is 13.9 Å². The van der Waals surface area contributed by atoms with Crippen LogP contribution in [0.25, 0.3) is 21.7 Å². The maximum atomic E-state index is 6.06. The molecule has 0 aliphatic rings. The van der Waals surface area contributed by atoms with Gasteiger partial charge in [0.05, 0.1) is 5.56 Å². The minimum absolute atomic E-state index is 0.211. The van der Waals surface area contributed by atoms with Crippen molar-refractivity contribution in [3.63, 3.8) is 0 Å². The molecule has 5 rings (SSSR count). The molecule has 0 fully saturated rings. The summed E-state index contributed by atoms with van der Waals surface area (Å²) in [5, 5.41) is 2.80. The SMILES string of the molecule is c1ccc(COc2nc3c(OCc4ccccc4)ccc(-c4nccs4)c3o2)cc1. The Labute approximate surface area is 177 Å². The van der Waals surface area contributed by atoms with Gasteiger partial charge in [0.15, 0.2) is 11.1 Å². The molecular formula is C24H18N2O3S. The molecular weight excluding hydrogens is 396 g/mol. The van der Waals surface area contributed by atoms with Crippen molar-refractivity contribution in [2.75, 3.05) is 0 Å². The fourth-order valence-electron chi connectivity index (χ4n) is 3.12. The zero-order valence-corrected chi connectivity index (χ0v) is 16.8. The van der Waals surface area contributed by atoms with E-state index in [4.69, 9.17) is 13.9 Å². The number of hydrogen-bond acceptors (Lipinski definition) is 6. The van der Waals surface area contributed by atoms with Gasteiger partial charge in [-0.15, -0.1) is 11.3 Å². The van der Waals surface area contributed by atoms with Gasteiger partial charge in [-0.25, -0.2) is 4.98 Å². The van der Waals surface area contributed by atoms with Gasteiger partial charge >= 0.3 is 6.08 Å². The van der Waals surface area contributed by atoms with Gasteiger partial charge in [-0.2, -0.15) is 4.98 Å². The van der Waals surface area contributed by atoms with E-state index in [1.807, 2.05) is 78.2 Å². The number of thiazole rings is 1. The molecule has 0 atom stereocenters. The van der Waals surface area contributed by atoms with Gasteiger partial charge in [-0.1, -0.05) is 60.7 Å². The van der Waals surface area contributed by atoms with Crippen LogP contribution in [0.3, 0.4) is 0 Å². The Morgan fingerprint density at radius 1 is 0.800 bits per heavy atom. The van der Waals surface area contributed by atoms with Crippen molar-refractivity contribution in [2.45, 2.75) is 13.2 Å². The number of rotatable bonds is 7. The summed E-state index contributed by atoms with van der Waals surface area (Å²) in [4.78, 5) is 8.99. The summed E-state index contributed by atoms with van der Waals surface area (Å²) in [5.74, 6) is 0.646. The fraction of sp³-hybridized carbons (Fsp3) is 0.0833. The molecule has 0 saturated carbocycles. The lowest BCUT2D eigenvalue weighted by molar-refractivity contribution is 0.226. The van der Waals surface area contributed by atoms with Crippen LogP contribution in [0.5, 0.6) is 11.8 Å². The summed E-state index contributed by atoms with van der Waals surface area (Å²) >= 11 is 1.55. The van der Waals surface area contributed by atoms with Gasteiger partial charge in [-0.3, -0.25) is 0 Å². The molecule has 3 aromatic carbocycles. The van der Waals surface area contributed by atoms with Crippen molar-refractivity contribution >= 4 is 22.4 Å². The molecule has 148 valence electrons. The van der Waals surface area contributed by atoms with Crippen LogP contribution >= 0.6 is 11.3 Å². The first-order valence-electron chi connectivity index (χ1n) is 9.54. The lowest BCUT2D eigenvalue weighted by Gasteiger charge is -2.07. The Balaban J connectivity index is 1.47. The number of aromatic nitrogens is 2. The molecule has 0 radical (unpaired) electrons. The Morgan fingerprint density at radius 2 is 1.50 bits per heavy atom. The maximum absolute atomic E-state index is 6.06. The first kappa shape index (κ1) is 18.4. The van der Waals surface area contributed by atoms with Gasteiger partial charge in [0.2, 0.25) is 0 Å². The zero-order valence-electron chi connectivity index (χ0n) is 16.0.